The number of carbonyl (C=O) groups is 3. The normalized spacial score (nSPS) is 29.5. The molecular formula is C17H18N2O6S. The third-order valence-electron chi connectivity index (χ3n) is 5.05. The van der Waals surface area contributed by atoms with Crippen LogP contribution in [0.1, 0.15) is 41.4 Å². The van der Waals surface area contributed by atoms with Gasteiger partial charge in [0.1, 0.15) is 6.04 Å². The van der Waals surface area contributed by atoms with Gasteiger partial charge in [0.15, 0.2) is 9.84 Å². The Morgan fingerprint density at radius 2 is 1.96 bits per heavy atom. The first-order chi connectivity index (χ1) is 12.4. The van der Waals surface area contributed by atoms with Crippen molar-refractivity contribution in [3.63, 3.8) is 0 Å². The average molecular weight is 378 g/mol. The third-order valence-corrected chi connectivity index (χ3v) is 6.82. The molecule has 4 rings (SSSR count). The molecule has 9 heteroatoms. The van der Waals surface area contributed by atoms with Crippen LogP contribution in [0.15, 0.2) is 24.3 Å². The largest absolute Gasteiger partial charge is 0.433 e. The summed E-state index contributed by atoms with van der Waals surface area (Å²) in [6.07, 6.45) is -0.0649. The van der Waals surface area contributed by atoms with Crippen LogP contribution >= 0.6 is 0 Å². The maximum atomic E-state index is 12.7. The molecule has 3 aliphatic rings. The monoisotopic (exact) mass is 378 g/mol. The summed E-state index contributed by atoms with van der Waals surface area (Å²) in [7, 11) is -3.12. The first-order valence-corrected chi connectivity index (χ1v) is 10.3. The van der Waals surface area contributed by atoms with Crippen LogP contribution in [0, 0.1) is 0 Å². The molecule has 0 saturated carbocycles. The molecule has 0 bridgehead atoms. The molecule has 26 heavy (non-hydrogen) atoms. The van der Waals surface area contributed by atoms with Crippen molar-refractivity contribution in [2.75, 3.05) is 11.5 Å². The minimum absolute atomic E-state index is 0.0544. The van der Waals surface area contributed by atoms with E-state index in [-0.39, 0.29) is 23.8 Å². The van der Waals surface area contributed by atoms with E-state index < -0.39 is 40.0 Å². The van der Waals surface area contributed by atoms with Gasteiger partial charge in [0.2, 0.25) is 18.0 Å². The average Bonchev–Trinajstić information content (AvgIpc) is 3.24. The van der Waals surface area contributed by atoms with Gasteiger partial charge in [-0.3, -0.25) is 14.5 Å². The molecule has 0 radical (unpaired) electrons. The maximum absolute atomic E-state index is 12.7. The predicted octanol–water partition coefficient (Wildman–Crippen LogP) is 0.150. The van der Waals surface area contributed by atoms with Crippen molar-refractivity contribution in [2.45, 2.75) is 37.6 Å². The third kappa shape index (κ3) is 2.86. The Balaban J connectivity index is 1.55. The van der Waals surface area contributed by atoms with Gasteiger partial charge in [-0.25, -0.2) is 13.2 Å². The number of cyclic esters (lactones) is 1. The lowest BCUT2D eigenvalue weighted by molar-refractivity contribution is -0.145. The molecule has 2 amide bonds. The number of ether oxygens (including phenoxy) is 1. The second kappa shape index (κ2) is 6.08. The zero-order valence-corrected chi connectivity index (χ0v) is 14.7. The highest BCUT2D eigenvalue weighted by atomic mass is 32.2. The van der Waals surface area contributed by atoms with Gasteiger partial charge in [-0.05, 0) is 18.9 Å². The number of rotatable bonds is 3. The molecule has 2 fully saturated rings. The molecule has 0 aliphatic carbocycles. The molecule has 3 aliphatic heterocycles. The highest BCUT2D eigenvalue weighted by Gasteiger charge is 2.46. The molecule has 8 nitrogen and oxygen atoms in total. The van der Waals surface area contributed by atoms with E-state index in [1.54, 1.807) is 24.3 Å². The molecule has 3 atom stereocenters. The molecule has 3 heterocycles. The second-order valence-corrected chi connectivity index (χ2v) is 9.04. The van der Waals surface area contributed by atoms with Crippen LogP contribution in [0.4, 0.5) is 0 Å². The Kier molecular flexibility index (Phi) is 3.98. The van der Waals surface area contributed by atoms with Crippen LogP contribution in [-0.4, -0.2) is 54.7 Å². The Hall–Kier alpha value is -2.42. The van der Waals surface area contributed by atoms with Crippen LogP contribution in [-0.2, 0) is 24.2 Å². The lowest BCUT2D eigenvalue weighted by Crippen LogP contribution is -2.49. The summed E-state index contributed by atoms with van der Waals surface area (Å²) in [5.74, 6) is -1.22. The van der Waals surface area contributed by atoms with Gasteiger partial charge in [-0.15, -0.1) is 0 Å². The number of likely N-dealkylation sites (tertiary alicyclic amines) is 1. The number of nitrogens with one attached hydrogen (secondary N) is 1. The maximum Gasteiger partial charge on any atom is 0.340 e. The van der Waals surface area contributed by atoms with E-state index in [9.17, 15) is 22.8 Å². The molecule has 0 spiro atoms. The van der Waals surface area contributed by atoms with Gasteiger partial charge < -0.3 is 10.1 Å². The van der Waals surface area contributed by atoms with E-state index in [0.717, 1.165) is 0 Å². The van der Waals surface area contributed by atoms with Gasteiger partial charge in [0, 0.05) is 18.0 Å². The smallest absolute Gasteiger partial charge is 0.340 e. The Morgan fingerprint density at radius 3 is 2.69 bits per heavy atom. The zero-order chi connectivity index (χ0) is 18.5. The molecule has 2 saturated heterocycles. The summed E-state index contributed by atoms with van der Waals surface area (Å²) in [5, 5.41) is 2.73. The Morgan fingerprint density at radius 1 is 1.19 bits per heavy atom. The van der Waals surface area contributed by atoms with Crippen molar-refractivity contribution in [1.29, 1.82) is 0 Å². The number of carbonyl (C=O) groups excluding carboxylic acids is 3. The van der Waals surface area contributed by atoms with Crippen LogP contribution in [0.3, 0.4) is 0 Å². The van der Waals surface area contributed by atoms with Crippen molar-refractivity contribution in [2.24, 2.45) is 0 Å². The number of nitrogens with zero attached hydrogens (tertiary/aromatic N) is 1. The fourth-order valence-electron chi connectivity index (χ4n) is 3.79. The number of benzene rings is 1. The van der Waals surface area contributed by atoms with Gasteiger partial charge in [0.25, 0.3) is 0 Å². The number of sulfone groups is 1. The van der Waals surface area contributed by atoms with Crippen molar-refractivity contribution in [1.82, 2.24) is 10.2 Å². The highest BCUT2D eigenvalue weighted by Crippen LogP contribution is 2.38. The van der Waals surface area contributed by atoms with Crippen molar-refractivity contribution >= 4 is 27.6 Å². The van der Waals surface area contributed by atoms with Crippen LogP contribution in [0.5, 0.6) is 0 Å². The molecule has 138 valence electrons. The first kappa shape index (κ1) is 17.0. The molecule has 1 aromatic rings. The lowest BCUT2D eigenvalue weighted by Gasteiger charge is -2.29. The summed E-state index contributed by atoms with van der Waals surface area (Å²) in [6.45, 7) is 0. The van der Waals surface area contributed by atoms with Gasteiger partial charge >= 0.3 is 5.97 Å². The fourth-order valence-corrected chi connectivity index (χ4v) is 5.47. The summed E-state index contributed by atoms with van der Waals surface area (Å²) >= 11 is 0. The molecular weight excluding hydrogens is 360 g/mol. The molecule has 1 aromatic carbocycles. The van der Waals surface area contributed by atoms with Crippen LogP contribution in [0.2, 0.25) is 0 Å². The number of hydrogen-bond acceptors (Lipinski definition) is 6. The van der Waals surface area contributed by atoms with Crippen molar-refractivity contribution < 1.29 is 27.5 Å². The highest BCUT2D eigenvalue weighted by molar-refractivity contribution is 7.91. The summed E-state index contributed by atoms with van der Waals surface area (Å²) in [5.41, 5.74) is 0.951. The van der Waals surface area contributed by atoms with Gasteiger partial charge in [-0.1, -0.05) is 18.2 Å². The van der Waals surface area contributed by atoms with Crippen molar-refractivity contribution in [3.8, 4) is 0 Å². The van der Waals surface area contributed by atoms with Gasteiger partial charge in [-0.2, -0.15) is 0 Å². The first-order valence-electron chi connectivity index (χ1n) is 8.47. The molecule has 1 N–H and O–H groups in total. The van der Waals surface area contributed by atoms with Crippen LogP contribution < -0.4 is 5.32 Å². The number of fused-ring (bicyclic) bond motifs is 1. The van der Waals surface area contributed by atoms with E-state index in [4.69, 9.17) is 4.74 Å². The van der Waals surface area contributed by atoms with E-state index >= 15 is 0 Å². The second-order valence-electron chi connectivity index (χ2n) is 6.81. The Bertz CT molecular complexity index is 896. The van der Waals surface area contributed by atoms with Gasteiger partial charge in [0.05, 0.1) is 17.1 Å². The topological polar surface area (TPSA) is 110 Å². The van der Waals surface area contributed by atoms with E-state index in [1.807, 2.05) is 0 Å². The standard InChI is InChI=1S/C17H18N2O6S/c20-14-6-5-13(15(21)18-10-7-8-26(23,24)9-10)19(14)16-11-3-1-2-4-12(11)17(22)25-16/h1-4,10,13,16H,5-9H2,(H,18,21)/t10-,13-,16-/m1/s1. The van der Waals surface area contributed by atoms with E-state index in [0.29, 0.717) is 24.0 Å². The number of amides is 2. The summed E-state index contributed by atoms with van der Waals surface area (Å²) in [6, 6.07) is 5.55. The number of esters is 1. The van der Waals surface area contributed by atoms with E-state index in [1.165, 1.54) is 4.90 Å². The summed E-state index contributed by atoms with van der Waals surface area (Å²) < 4.78 is 28.5. The zero-order valence-electron chi connectivity index (χ0n) is 13.9. The SMILES string of the molecule is O=C1O[C@@H](N2C(=O)CC[C@@H]2C(=O)N[C@@H]2CCS(=O)(=O)C2)c2ccccc21. The summed E-state index contributed by atoms with van der Waals surface area (Å²) in [4.78, 5) is 38.4. The lowest BCUT2D eigenvalue weighted by atomic mass is 10.1. The van der Waals surface area contributed by atoms with Crippen molar-refractivity contribution in [3.05, 3.63) is 35.4 Å². The van der Waals surface area contributed by atoms with E-state index in [2.05, 4.69) is 5.32 Å². The number of hydrogen-bond donors (Lipinski definition) is 1. The predicted molar refractivity (Wildman–Crippen MR) is 89.7 cm³/mol. The Labute approximate surface area is 150 Å². The molecule has 0 aromatic heterocycles. The minimum atomic E-state index is -3.12. The fraction of sp³-hybridized carbons (Fsp3) is 0.471. The molecule has 0 unspecified atom stereocenters. The minimum Gasteiger partial charge on any atom is -0.433 e. The van der Waals surface area contributed by atoms with Crippen LogP contribution in [0.25, 0.3) is 0 Å². The quantitative estimate of drug-likeness (QED) is 0.750.